The van der Waals surface area contributed by atoms with Gasteiger partial charge in [-0.15, -0.1) is 11.3 Å². The van der Waals surface area contributed by atoms with Gasteiger partial charge in [0.25, 0.3) is 0 Å². The predicted molar refractivity (Wildman–Crippen MR) is 55.0 cm³/mol. The summed E-state index contributed by atoms with van der Waals surface area (Å²) in [7, 11) is 1.68. The predicted octanol–water partition coefficient (Wildman–Crippen LogP) is 1.36. The van der Waals surface area contributed by atoms with Crippen LogP contribution < -0.4 is 5.73 Å². The van der Waals surface area contributed by atoms with Gasteiger partial charge in [-0.05, 0) is 13.8 Å². The summed E-state index contributed by atoms with van der Waals surface area (Å²) < 4.78 is 5.14. The number of thiazole rings is 1. The molecule has 1 rings (SSSR count). The normalized spacial score (nSPS) is 15.7. The molecule has 2 atom stereocenters. The Hall–Kier alpha value is -0.450. The molecule has 2 unspecified atom stereocenters. The van der Waals surface area contributed by atoms with Crippen LogP contribution in [0.25, 0.3) is 0 Å². The van der Waals surface area contributed by atoms with E-state index in [0.29, 0.717) is 0 Å². The van der Waals surface area contributed by atoms with Crippen LogP contribution in [0.15, 0.2) is 5.38 Å². The van der Waals surface area contributed by atoms with Crippen molar-refractivity contribution in [2.75, 3.05) is 7.11 Å². The van der Waals surface area contributed by atoms with Crippen LogP contribution in [0.4, 0.5) is 0 Å². The summed E-state index contributed by atoms with van der Waals surface area (Å²) in [5.41, 5.74) is 6.98. The minimum atomic E-state index is 0.0338. The van der Waals surface area contributed by atoms with Gasteiger partial charge in [0.05, 0.1) is 16.8 Å². The van der Waals surface area contributed by atoms with Crippen molar-refractivity contribution in [1.82, 2.24) is 4.98 Å². The van der Waals surface area contributed by atoms with E-state index < -0.39 is 0 Å². The van der Waals surface area contributed by atoms with Crippen molar-refractivity contribution in [1.29, 1.82) is 0 Å². The molecule has 1 aromatic rings. The third kappa shape index (κ3) is 3.06. The minimum absolute atomic E-state index is 0.0338. The second-order valence-corrected chi connectivity index (χ2v) is 4.23. The molecule has 3 nitrogen and oxygen atoms in total. The molecule has 0 spiro atoms. The number of hydrogen-bond acceptors (Lipinski definition) is 4. The van der Waals surface area contributed by atoms with Crippen LogP contribution in [0.5, 0.6) is 0 Å². The molecule has 0 aromatic carbocycles. The van der Waals surface area contributed by atoms with E-state index in [1.807, 2.05) is 13.8 Å². The summed E-state index contributed by atoms with van der Waals surface area (Å²) in [5, 5.41) is 3.14. The Morgan fingerprint density at radius 3 is 2.85 bits per heavy atom. The van der Waals surface area contributed by atoms with Crippen LogP contribution in [0, 0.1) is 6.92 Å². The Bertz CT molecular complexity index is 262. The molecule has 74 valence electrons. The minimum Gasteiger partial charge on any atom is -0.380 e. The molecule has 0 radical (unpaired) electrons. The Morgan fingerprint density at radius 2 is 2.38 bits per heavy atom. The van der Waals surface area contributed by atoms with Crippen LogP contribution in [-0.4, -0.2) is 24.2 Å². The number of nitrogens with zero attached hydrogens (tertiary/aromatic N) is 1. The van der Waals surface area contributed by atoms with E-state index in [-0.39, 0.29) is 12.1 Å². The molecule has 13 heavy (non-hydrogen) atoms. The third-order valence-corrected chi connectivity index (χ3v) is 2.91. The Balaban J connectivity index is 2.49. The molecule has 4 heteroatoms. The van der Waals surface area contributed by atoms with Crippen LogP contribution in [0.1, 0.15) is 17.6 Å². The van der Waals surface area contributed by atoms with E-state index in [1.54, 1.807) is 18.4 Å². The summed E-state index contributed by atoms with van der Waals surface area (Å²) in [6, 6.07) is 0.0338. The number of aryl methyl sites for hydroxylation is 1. The lowest BCUT2D eigenvalue weighted by molar-refractivity contribution is 0.0953. The van der Waals surface area contributed by atoms with Crippen LogP contribution in [-0.2, 0) is 11.2 Å². The molecule has 2 N–H and O–H groups in total. The number of methoxy groups -OCH3 is 1. The highest BCUT2D eigenvalue weighted by Crippen LogP contribution is 2.10. The summed E-state index contributed by atoms with van der Waals surface area (Å²) >= 11 is 1.66. The van der Waals surface area contributed by atoms with Gasteiger partial charge in [0.2, 0.25) is 0 Å². The molecule has 0 aliphatic heterocycles. The number of hydrogen-bond donors (Lipinski definition) is 1. The molecule has 0 amide bonds. The van der Waals surface area contributed by atoms with Crippen molar-refractivity contribution in [2.24, 2.45) is 5.73 Å². The van der Waals surface area contributed by atoms with E-state index in [9.17, 15) is 0 Å². The Morgan fingerprint density at radius 1 is 1.69 bits per heavy atom. The zero-order chi connectivity index (χ0) is 9.84. The highest BCUT2D eigenvalue weighted by Gasteiger charge is 2.13. The van der Waals surface area contributed by atoms with Gasteiger partial charge in [0.1, 0.15) is 0 Å². The monoisotopic (exact) mass is 200 g/mol. The second kappa shape index (κ2) is 4.69. The first-order valence-corrected chi connectivity index (χ1v) is 5.21. The maximum absolute atomic E-state index is 5.91. The van der Waals surface area contributed by atoms with Gasteiger partial charge >= 0.3 is 0 Å². The van der Waals surface area contributed by atoms with E-state index >= 15 is 0 Å². The van der Waals surface area contributed by atoms with Gasteiger partial charge in [-0.25, -0.2) is 4.98 Å². The van der Waals surface area contributed by atoms with Crippen molar-refractivity contribution in [2.45, 2.75) is 32.4 Å². The molecule has 0 fully saturated rings. The van der Waals surface area contributed by atoms with Crippen LogP contribution in [0.3, 0.4) is 0 Å². The smallest absolute Gasteiger partial charge is 0.0897 e. The van der Waals surface area contributed by atoms with Gasteiger partial charge in [-0.1, -0.05) is 0 Å². The topological polar surface area (TPSA) is 48.1 Å². The van der Waals surface area contributed by atoms with Crippen molar-refractivity contribution >= 4 is 11.3 Å². The molecule has 1 heterocycles. The van der Waals surface area contributed by atoms with Crippen molar-refractivity contribution < 1.29 is 4.74 Å². The fraction of sp³-hybridized carbons (Fsp3) is 0.667. The fourth-order valence-corrected chi connectivity index (χ4v) is 1.71. The maximum Gasteiger partial charge on any atom is 0.0897 e. The standard InChI is InChI=1S/C9H16N2OS/c1-6(12-3)9(10)4-8-5-13-7(2)11-8/h5-6,9H,4,10H2,1-3H3. The number of aromatic nitrogens is 1. The fourth-order valence-electron chi connectivity index (χ4n) is 1.08. The zero-order valence-electron chi connectivity index (χ0n) is 8.28. The molecular formula is C9H16N2OS. The average molecular weight is 200 g/mol. The lowest BCUT2D eigenvalue weighted by Crippen LogP contribution is -2.35. The van der Waals surface area contributed by atoms with E-state index in [4.69, 9.17) is 10.5 Å². The van der Waals surface area contributed by atoms with Crippen LogP contribution >= 0.6 is 11.3 Å². The van der Waals surface area contributed by atoms with Crippen molar-refractivity contribution in [3.63, 3.8) is 0 Å². The highest BCUT2D eigenvalue weighted by atomic mass is 32.1. The highest BCUT2D eigenvalue weighted by molar-refractivity contribution is 7.09. The Labute approximate surface area is 82.9 Å². The third-order valence-electron chi connectivity index (χ3n) is 2.09. The van der Waals surface area contributed by atoms with E-state index in [2.05, 4.69) is 10.4 Å². The van der Waals surface area contributed by atoms with Crippen molar-refractivity contribution in [3.8, 4) is 0 Å². The summed E-state index contributed by atoms with van der Waals surface area (Å²) in [4.78, 5) is 4.35. The van der Waals surface area contributed by atoms with Gasteiger partial charge < -0.3 is 10.5 Å². The molecular weight excluding hydrogens is 184 g/mol. The largest absolute Gasteiger partial charge is 0.380 e. The lowest BCUT2D eigenvalue weighted by atomic mass is 10.1. The maximum atomic E-state index is 5.91. The SMILES string of the molecule is COC(C)C(N)Cc1csc(C)n1. The number of rotatable bonds is 4. The van der Waals surface area contributed by atoms with E-state index in [0.717, 1.165) is 17.1 Å². The first kappa shape index (κ1) is 10.6. The van der Waals surface area contributed by atoms with Crippen LogP contribution in [0.2, 0.25) is 0 Å². The molecule has 0 aliphatic rings. The van der Waals surface area contributed by atoms with Gasteiger partial charge in [-0.3, -0.25) is 0 Å². The average Bonchev–Trinajstić information content (AvgIpc) is 2.49. The zero-order valence-corrected chi connectivity index (χ0v) is 9.10. The summed E-state index contributed by atoms with van der Waals surface area (Å²) in [5.74, 6) is 0. The van der Waals surface area contributed by atoms with Gasteiger partial charge in [0, 0.05) is 25.0 Å². The molecule has 1 aromatic heterocycles. The molecule has 0 saturated heterocycles. The molecule has 0 bridgehead atoms. The number of ether oxygens (including phenoxy) is 1. The van der Waals surface area contributed by atoms with Gasteiger partial charge in [-0.2, -0.15) is 0 Å². The Kier molecular flexibility index (Phi) is 3.84. The van der Waals surface area contributed by atoms with Crippen molar-refractivity contribution in [3.05, 3.63) is 16.1 Å². The number of nitrogens with two attached hydrogens (primary N) is 1. The molecule has 0 saturated carbocycles. The quantitative estimate of drug-likeness (QED) is 0.798. The molecule has 0 aliphatic carbocycles. The van der Waals surface area contributed by atoms with Gasteiger partial charge in [0.15, 0.2) is 0 Å². The second-order valence-electron chi connectivity index (χ2n) is 3.17. The lowest BCUT2D eigenvalue weighted by Gasteiger charge is -2.16. The summed E-state index contributed by atoms with van der Waals surface area (Å²) in [6.45, 7) is 3.98. The first-order valence-electron chi connectivity index (χ1n) is 4.33. The van der Waals surface area contributed by atoms with E-state index in [1.165, 1.54) is 0 Å². The summed E-state index contributed by atoms with van der Waals surface area (Å²) in [6.07, 6.45) is 0.876. The first-order chi connectivity index (χ1) is 6.13.